The minimum atomic E-state index is -7.94. The molecule has 133 valence electrons. The number of aliphatic hydroxyl groups excluding tert-OH is 1. The normalized spacial score (nSPS) is 16.4. The Morgan fingerprint density at radius 3 is 1.05 bits per heavy atom. The summed E-state index contributed by atoms with van der Waals surface area (Å²) in [5.41, 5.74) is 0. The summed E-state index contributed by atoms with van der Waals surface area (Å²) in [5.74, 6) is -37.5. The van der Waals surface area contributed by atoms with Crippen LogP contribution >= 0.6 is 0 Å². The van der Waals surface area contributed by atoms with Crippen LogP contribution in [0.25, 0.3) is 0 Å². The fourth-order valence-electron chi connectivity index (χ4n) is 0.997. The molecule has 0 amide bonds. The third-order valence-corrected chi connectivity index (χ3v) is 2.39. The van der Waals surface area contributed by atoms with Gasteiger partial charge in [0.1, 0.15) is 0 Å². The standard InChI is InChI=1S/C8H4F13O/c1-2(22)3(9,10)4(11,12)5(13,14)6(15,16)7(17,18)8(19,20)21/h22H,1H3. The van der Waals surface area contributed by atoms with E-state index in [1.807, 2.05) is 0 Å². The third kappa shape index (κ3) is 2.48. The molecule has 0 atom stereocenters. The maximum atomic E-state index is 12.8. The highest BCUT2D eigenvalue weighted by Gasteiger charge is 2.91. The SMILES string of the molecule is C[C](O)C(F)(F)C(F)(F)C(F)(F)C(F)(F)C(F)(F)C(F)(F)F. The van der Waals surface area contributed by atoms with Gasteiger partial charge in [-0.3, -0.25) is 0 Å². The van der Waals surface area contributed by atoms with E-state index in [4.69, 9.17) is 5.11 Å². The van der Waals surface area contributed by atoms with Crippen LogP contribution in [0.2, 0.25) is 0 Å². The molecule has 0 rings (SSSR count). The summed E-state index contributed by atoms with van der Waals surface area (Å²) in [7, 11) is 0. The van der Waals surface area contributed by atoms with Crippen molar-refractivity contribution in [2.45, 2.75) is 42.7 Å². The number of alkyl halides is 13. The van der Waals surface area contributed by atoms with E-state index in [0.29, 0.717) is 0 Å². The molecular formula is C8H4F13O. The lowest BCUT2D eigenvalue weighted by atomic mass is 9.92. The van der Waals surface area contributed by atoms with E-state index in [9.17, 15) is 57.1 Å². The molecule has 0 spiro atoms. The third-order valence-electron chi connectivity index (χ3n) is 2.39. The van der Waals surface area contributed by atoms with Crippen LogP contribution in [-0.2, 0) is 0 Å². The Hall–Kier alpha value is -0.950. The molecule has 14 heteroatoms. The Morgan fingerprint density at radius 2 is 0.818 bits per heavy atom. The number of hydrogen-bond acceptors (Lipinski definition) is 1. The molecular weight excluding hydrogens is 359 g/mol. The van der Waals surface area contributed by atoms with E-state index in [1.165, 1.54) is 0 Å². The van der Waals surface area contributed by atoms with Gasteiger partial charge in [-0.1, -0.05) is 0 Å². The quantitative estimate of drug-likeness (QED) is 0.706. The fourth-order valence-corrected chi connectivity index (χ4v) is 0.997. The lowest BCUT2D eigenvalue weighted by molar-refractivity contribution is -0.440. The molecule has 0 aliphatic rings. The Balaban J connectivity index is 6.24. The van der Waals surface area contributed by atoms with Crippen molar-refractivity contribution in [1.82, 2.24) is 0 Å². The van der Waals surface area contributed by atoms with Gasteiger partial charge in [0.15, 0.2) is 6.10 Å². The lowest BCUT2D eigenvalue weighted by Crippen LogP contribution is -2.70. The second-order valence-electron chi connectivity index (χ2n) is 3.96. The lowest BCUT2D eigenvalue weighted by Gasteiger charge is -2.40. The van der Waals surface area contributed by atoms with Gasteiger partial charge >= 0.3 is 35.8 Å². The smallest absolute Gasteiger partial charge is 0.380 e. The van der Waals surface area contributed by atoms with Crippen LogP contribution in [0.3, 0.4) is 0 Å². The highest BCUT2D eigenvalue weighted by atomic mass is 19.4. The molecule has 1 radical (unpaired) electrons. The van der Waals surface area contributed by atoms with Crippen LogP contribution in [0.15, 0.2) is 0 Å². The van der Waals surface area contributed by atoms with Gasteiger partial charge in [-0.15, -0.1) is 0 Å². The zero-order valence-corrected chi connectivity index (χ0v) is 9.86. The van der Waals surface area contributed by atoms with Crippen molar-refractivity contribution in [3.63, 3.8) is 0 Å². The zero-order chi connectivity index (χ0) is 18.6. The van der Waals surface area contributed by atoms with Gasteiger partial charge in [0.05, 0.1) is 0 Å². The van der Waals surface area contributed by atoms with Crippen molar-refractivity contribution in [3.8, 4) is 0 Å². The van der Waals surface area contributed by atoms with Crippen molar-refractivity contribution >= 4 is 0 Å². The number of rotatable bonds is 5. The van der Waals surface area contributed by atoms with Crippen molar-refractivity contribution in [2.24, 2.45) is 0 Å². The van der Waals surface area contributed by atoms with Crippen LogP contribution in [0.4, 0.5) is 57.1 Å². The minimum Gasteiger partial charge on any atom is -0.380 e. The van der Waals surface area contributed by atoms with Crippen molar-refractivity contribution in [2.75, 3.05) is 0 Å². The second kappa shape index (κ2) is 5.03. The minimum absolute atomic E-state index is 0.371. The van der Waals surface area contributed by atoms with Crippen LogP contribution in [0, 0.1) is 6.10 Å². The molecule has 0 fully saturated rings. The molecule has 0 aromatic rings. The Morgan fingerprint density at radius 1 is 0.545 bits per heavy atom. The summed E-state index contributed by atoms with van der Waals surface area (Å²) in [6.07, 6.45) is -10.3. The molecule has 0 aliphatic carbocycles. The van der Waals surface area contributed by atoms with Gasteiger partial charge in [-0.2, -0.15) is 57.1 Å². The fraction of sp³-hybridized carbons (Fsp3) is 0.875. The summed E-state index contributed by atoms with van der Waals surface area (Å²) in [6, 6.07) is 0. The first kappa shape index (κ1) is 21.0. The summed E-state index contributed by atoms with van der Waals surface area (Å²) in [5, 5.41) is 8.11. The molecule has 0 aliphatic heterocycles. The molecule has 1 nitrogen and oxygen atoms in total. The largest absolute Gasteiger partial charge is 0.460 e. The predicted octanol–water partition coefficient (Wildman–Crippen LogP) is 4.65. The topological polar surface area (TPSA) is 20.2 Å². The zero-order valence-electron chi connectivity index (χ0n) is 9.86. The molecule has 22 heavy (non-hydrogen) atoms. The molecule has 0 aromatic heterocycles. The Kier molecular flexibility index (Phi) is 4.81. The Labute approximate surface area is 112 Å². The first-order chi connectivity index (χ1) is 9.19. The van der Waals surface area contributed by atoms with Crippen LogP contribution in [0.5, 0.6) is 0 Å². The number of hydrogen-bond donors (Lipinski definition) is 1. The van der Waals surface area contributed by atoms with Crippen LogP contribution in [-0.4, -0.2) is 40.9 Å². The second-order valence-corrected chi connectivity index (χ2v) is 3.96. The molecule has 1 N–H and O–H groups in total. The van der Waals surface area contributed by atoms with E-state index in [-0.39, 0.29) is 6.92 Å². The van der Waals surface area contributed by atoms with E-state index in [1.54, 1.807) is 0 Å². The summed E-state index contributed by atoms with van der Waals surface area (Å²) in [6.45, 7) is -0.371. The van der Waals surface area contributed by atoms with Gasteiger partial charge in [-0.25, -0.2) is 0 Å². The first-order valence-corrected chi connectivity index (χ1v) is 4.68. The molecule has 0 saturated carbocycles. The van der Waals surface area contributed by atoms with E-state index in [0.717, 1.165) is 0 Å². The average molecular weight is 363 g/mol. The molecule has 0 heterocycles. The maximum absolute atomic E-state index is 12.8. The Bertz CT molecular complexity index is 407. The predicted molar refractivity (Wildman–Crippen MR) is 41.6 cm³/mol. The number of aliphatic hydroxyl groups is 1. The highest BCUT2D eigenvalue weighted by molar-refractivity contribution is 5.14. The van der Waals surface area contributed by atoms with Crippen molar-refractivity contribution in [1.29, 1.82) is 0 Å². The summed E-state index contributed by atoms with van der Waals surface area (Å²) in [4.78, 5) is 0. The highest BCUT2D eigenvalue weighted by Crippen LogP contribution is 2.61. The molecule has 0 unspecified atom stereocenters. The van der Waals surface area contributed by atoms with Crippen LogP contribution in [0.1, 0.15) is 6.92 Å². The number of halogens is 13. The van der Waals surface area contributed by atoms with Gasteiger partial charge in [0.25, 0.3) is 0 Å². The van der Waals surface area contributed by atoms with Crippen molar-refractivity contribution in [3.05, 3.63) is 6.10 Å². The van der Waals surface area contributed by atoms with Gasteiger partial charge in [0, 0.05) is 0 Å². The summed E-state index contributed by atoms with van der Waals surface area (Å²) >= 11 is 0. The van der Waals surface area contributed by atoms with Crippen molar-refractivity contribution < 1.29 is 62.2 Å². The monoisotopic (exact) mass is 363 g/mol. The van der Waals surface area contributed by atoms with Crippen LogP contribution < -0.4 is 0 Å². The molecule has 0 bridgehead atoms. The van der Waals surface area contributed by atoms with E-state index < -0.39 is 41.9 Å². The first-order valence-electron chi connectivity index (χ1n) is 4.68. The average Bonchev–Trinajstić information content (AvgIpc) is 2.25. The van der Waals surface area contributed by atoms with E-state index >= 15 is 0 Å². The van der Waals surface area contributed by atoms with Gasteiger partial charge < -0.3 is 5.11 Å². The maximum Gasteiger partial charge on any atom is 0.460 e. The molecule has 0 aromatic carbocycles. The van der Waals surface area contributed by atoms with E-state index in [2.05, 4.69) is 0 Å². The van der Waals surface area contributed by atoms with Gasteiger partial charge in [0.2, 0.25) is 0 Å². The molecule has 0 saturated heterocycles. The van der Waals surface area contributed by atoms with Gasteiger partial charge in [-0.05, 0) is 6.92 Å². The summed E-state index contributed by atoms with van der Waals surface area (Å²) < 4.78 is 161.